The highest BCUT2D eigenvalue weighted by atomic mass is 35.5. The molecule has 0 radical (unpaired) electrons. The minimum atomic E-state index is -0.288. The molecule has 128 valence electrons. The van der Waals surface area contributed by atoms with Crippen molar-refractivity contribution < 1.29 is 9.59 Å². The van der Waals surface area contributed by atoms with Crippen molar-refractivity contribution in [3.8, 4) is 0 Å². The number of benzene rings is 1. The van der Waals surface area contributed by atoms with E-state index in [1.54, 1.807) is 18.2 Å². The lowest BCUT2D eigenvalue weighted by Gasteiger charge is -2.22. The van der Waals surface area contributed by atoms with Gasteiger partial charge in [-0.05, 0) is 58.4 Å². The maximum absolute atomic E-state index is 12.2. The van der Waals surface area contributed by atoms with E-state index in [1.165, 1.54) is 0 Å². The highest BCUT2D eigenvalue weighted by Crippen LogP contribution is 2.16. The van der Waals surface area contributed by atoms with Gasteiger partial charge in [-0.3, -0.25) is 9.59 Å². The molecule has 1 heterocycles. The fraction of sp³-hybridized carbons (Fsp3) is 0.529. The normalized spacial score (nSPS) is 17.8. The minimum Gasteiger partial charge on any atom is -0.347 e. The van der Waals surface area contributed by atoms with Crippen LogP contribution in [0, 0.1) is 5.92 Å². The second kappa shape index (κ2) is 8.31. The lowest BCUT2D eigenvalue weighted by molar-refractivity contribution is -0.120. The molecule has 0 spiro atoms. The van der Waals surface area contributed by atoms with E-state index in [1.807, 2.05) is 26.8 Å². The molecule has 2 rings (SSSR count). The van der Waals surface area contributed by atoms with Gasteiger partial charge in [0.05, 0.1) is 5.92 Å². The zero-order valence-electron chi connectivity index (χ0n) is 13.9. The Kier molecular flexibility index (Phi) is 7.03. The van der Waals surface area contributed by atoms with Crippen molar-refractivity contribution in [3.63, 3.8) is 0 Å². The number of halogens is 1. The number of piperidine rings is 1. The van der Waals surface area contributed by atoms with Crippen LogP contribution < -0.4 is 16.0 Å². The third-order valence-electron chi connectivity index (χ3n) is 3.55. The largest absolute Gasteiger partial charge is 0.347 e. The SMILES string of the molecule is CC(C)(C)NC(=O)c1cccc(NC(=O)C2CCCNC2)c1.Cl. The smallest absolute Gasteiger partial charge is 0.251 e. The van der Waals surface area contributed by atoms with Gasteiger partial charge < -0.3 is 16.0 Å². The number of hydrogen-bond donors (Lipinski definition) is 3. The monoisotopic (exact) mass is 339 g/mol. The molecule has 2 amide bonds. The van der Waals surface area contributed by atoms with E-state index in [0.29, 0.717) is 11.3 Å². The Balaban J connectivity index is 0.00000264. The van der Waals surface area contributed by atoms with Crippen LogP contribution in [0.5, 0.6) is 0 Å². The van der Waals surface area contributed by atoms with Crippen LogP contribution in [0.2, 0.25) is 0 Å². The van der Waals surface area contributed by atoms with Crippen molar-refractivity contribution in [2.24, 2.45) is 5.92 Å². The van der Waals surface area contributed by atoms with Crippen LogP contribution >= 0.6 is 12.4 Å². The third kappa shape index (κ3) is 6.20. The summed E-state index contributed by atoms with van der Waals surface area (Å²) in [7, 11) is 0. The maximum Gasteiger partial charge on any atom is 0.251 e. The molecule has 1 saturated heterocycles. The molecule has 0 bridgehead atoms. The van der Waals surface area contributed by atoms with E-state index < -0.39 is 0 Å². The summed E-state index contributed by atoms with van der Waals surface area (Å²) in [5, 5.41) is 9.06. The number of carbonyl (C=O) groups excluding carboxylic acids is 2. The number of hydrogen-bond acceptors (Lipinski definition) is 3. The van der Waals surface area contributed by atoms with Crippen LogP contribution in [0.25, 0.3) is 0 Å². The van der Waals surface area contributed by atoms with Gasteiger partial charge in [-0.15, -0.1) is 12.4 Å². The third-order valence-corrected chi connectivity index (χ3v) is 3.55. The summed E-state index contributed by atoms with van der Waals surface area (Å²) in [4.78, 5) is 24.4. The summed E-state index contributed by atoms with van der Waals surface area (Å²) in [6, 6.07) is 7.06. The van der Waals surface area contributed by atoms with Gasteiger partial charge >= 0.3 is 0 Å². The maximum atomic E-state index is 12.2. The topological polar surface area (TPSA) is 70.2 Å². The Morgan fingerprint density at radius 1 is 1.26 bits per heavy atom. The van der Waals surface area contributed by atoms with E-state index in [2.05, 4.69) is 16.0 Å². The van der Waals surface area contributed by atoms with Gasteiger partial charge in [0.15, 0.2) is 0 Å². The van der Waals surface area contributed by atoms with Gasteiger partial charge in [0.2, 0.25) is 5.91 Å². The van der Waals surface area contributed by atoms with Crippen molar-refractivity contribution in [2.45, 2.75) is 39.2 Å². The second-order valence-electron chi connectivity index (χ2n) is 6.82. The molecule has 1 aromatic rings. The molecule has 6 heteroatoms. The van der Waals surface area contributed by atoms with Crippen LogP contribution in [0.15, 0.2) is 24.3 Å². The zero-order valence-corrected chi connectivity index (χ0v) is 14.8. The average Bonchev–Trinajstić information content (AvgIpc) is 2.46. The molecule has 0 saturated carbocycles. The van der Waals surface area contributed by atoms with Crippen molar-refractivity contribution in [1.82, 2.24) is 10.6 Å². The van der Waals surface area contributed by atoms with Gasteiger partial charge in [0, 0.05) is 23.3 Å². The van der Waals surface area contributed by atoms with E-state index >= 15 is 0 Å². The van der Waals surface area contributed by atoms with E-state index in [-0.39, 0.29) is 35.7 Å². The molecule has 1 fully saturated rings. The summed E-state index contributed by atoms with van der Waals surface area (Å²) in [5.74, 6) is -0.121. The Hall–Kier alpha value is -1.59. The molecular weight excluding hydrogens is 314 g/mol. The lowest BCUT2D eigenvalue weighted by Crippen LogP contribution is -2.40. The van der Waals surface area contributed by atoms with Crippen molar-refractivity contribution in [2.75, 3.05) is 18.4 Å². The molecule has 1 aliphatic rings. The first-order valence-electron chi connectivity index (χ1n) is 7.79. The molecule has 5 nitrogen and oxygen atoms in total. The molecule has 23 heavy (non-hydrogen) atoms. The number of carbonyl (C=O) groups is 2. The van der Waals surface area contributed by atoms with Crippen molar-refractivity contribution in [3.05, 3.63) is 29.8 Å². The number of anilines is 1. The van der Waals surface area contributed by atoms with Crippen LogP contribution in [-0.2, 0) is 4.79 Å². The van der Waals surface area contributed by atoms with Gasteiger partial charge in [-0.25, -0.2) is 0 Å². The molecule has 1 aliphatic heterocycles. The van der Waals surface area contributed by atoms with Crippen LogP contribution in [0.3, 0.4) is 0 Å². The van der Waals surface area contributed by atoms with Crippen molar-refractivity contribution in [1.29, 1.82) is 0 Å². The Morgan fingerprint density at radius 3 is 2.61 bits per heavy atom. The van der Waals surface area contributed by atoms with Gasteiger partial charge in [0.1, 0.15) is 0 Å². The zero-order chi connectivity index (χ0) is 16.2. The van der Waals surface area contributed by atoms with Gasteiger partial charge in [-0.2, -0.15) is 0 Å². The van der Waals surface area contributed by atoms with Crippen molar-refractivity contribution >= 4 is 29.9 Å². The number of nitrogens with one attached hydrogen (secondary N) is 3. The molecule has 3 N–H and O–H groups in total. The lowest BCUT2D eigenvalue weighted by atomic mass is 9.98. The summed E-state index contributed by atoms with van der Waals surface area (Å²) >= 11 is 0. The highest BCUT2D eigenvalue weighted by Gasteiger charge is 2.21. The first kappa shape index (κ1) is 19.5. The van der Waals surface area contributed by atoms with Crippen LogP contribution in [-0.4, -0.2) is 30.4 Å². The molecular formula is C17H26ClN3O2. The van der Waals surface area contributed by atoms with E-state index in [4.69, 9.17) is 0 Å². The Morgan fingerprint density at radius 2 is 2.00 bits per heavy atom. The van der Waals surface area contributed by atoms with E-state index in [0.717, 1.165) is 25.9 Å². The van der Waals surface area contributed by atoms with Gasteiger partial charge in [0.25, 0.3) is 5.91 Å². The molecule has 0 aliphatic carbocycles. The van der Waals surface area contributed by atoms with Gasteiger partial charge in [-0.1, -0.05) is 6.07 Å². The summed E-state index contributed by atoms with van der Waals surface area (Å²) in [6.45, 7) is 7.51. The number of amides is 2. The molecule has 1 aromatic carbocycles. The minimum absolute atomic E-state index is 0. The highest BCUT2D eigenvalue weighted by molar-refractivity contribution is 5.98. The molecule has 0 aromatic heterocycles. The van der Waals surface area contributed by atoms with Crippen LogP contribution in [0.4, 0.5) is 5.69 Å². The predicted octanol–water partition coefficient (Wildman–Crippen LogP) is 2.57. The fourth-order valence-electron chi connectivity index (χ4n) is 2.47. The Bertz CT molecular complexity index is 549. The average molecular weight is 340 g/mol. The van der Waals surface area contributed by atoms with Crippen LogP contribution in [0.1, 0.15) is 44.0 Å². The molecule has 1 atom stereocenters. The second-order valence-corrected chi connectivity index (χ2v) is 6.82. The summed E-state index contributed by atoms with van der Waals surface area (Å²) in [5.41, 5.74) is 0.927. The molecule has 1 unspecified atom stereocenters. The quantitative estimate of drug-likeness (QED) is 0.792. The summed E-state index contributed by atoms with van der Waals surface area (Å²) < 4.78 is 0. The fourth-order valence-corrected chi connectivity index (χ4v) is 2.47. The standard InChI is InChI=1S/C17H25N3O2.ClH/c1-17(2,3)20-16(22)12-6-4-8-14(10-12)19-15(21)13-7-5-9-18-11-13;/h4,6,8,10,13,18H,5,7,9,11H2,1-3H3,(H,19,21)(H,20,22);1H. The first-order chi connectivity index (χ1) is 10.3. The number of rotatable bonds is 3. The Labute approximate surface area is 144 Å². The van der Waals surface area contributed by atoms with E-state index in [9.17, 15) is 9.59 Å². The predicted molar refractivity (Wildman–Crippen MR) is 95.1 cm³/mol. The first-order valence-corrected chi connectivity index (χ1v) is 7.79. The summed E-state index contributed by atoms with van der Waals surface area (Å²) in [6.07, 6.45) is 1.93.